The van der Waals surface area contributed by atoms with Gasteiger partial charge in [-0.25, -0.2) is 0 Å². The van der Waals surface area contributed by atoms with Crippen LogP contribution in [0.25, 0.3) is 0 Å². The minimum absolute atomic E-state index is 0.0568. The van der Waals surface area contributed by atoms with Crippen LogP contribution in [-0.2, 0) is 11.3 Å². The lowest BCUT2D eigenvalue weighted by Crippen LogP contribution is -2.39. The smallest absolute Gasteiger partial charge is 0.325 e. The summed E-state index contributed by atoms with van der Waals surface area (Å²) < 4.78 is 1.39. The van der Waals surface area contributed by atoms with Crippen molar-refractivity contribution in [1.82, 2.24) is 14.7 Å². The number of aromatic nitrogens is 2. The third kappa shape index (κ3) is 3.93. The maximum atomic E-state index is 12.7. The number of rotatable bonds is 4. The second kappa shape index (κ2) is 7.14. The highest BCUT2D eigenvalue weighted by atomic mass is 35.5. The van der Waals surface area contributed by atoms with Crippen LogP contribution in [0.15, 0.2) is 30.5 Å². The number of hydrogen-bond acceptors (Lipinski definition) is 4. The lowest BCUT2D eigenvalue weighted by molar-refractivity contribution is -0.137. The van der Waals surface area contributed by atoms with Crippen LogP contribution in [0.3, 0.4) is 0 Å². The van der Waals surface area contributed by atoms with Crippen LogP contribution in [0.5, 0.6) is 5.75 Å². The molecule has 1 fully saturated rings. The van der Waals surface area contributed by atoms with Crippen molar-refractivity contribution < 1.29 is 19.8 Å². The quantitative estimate of drug-likeness (QED) is 0.869. The Morgan fingerprint density at radius 3 is 2.84 bits per heavy atom. The fraction of sp³-hybridized carbons (Fsp3) is 0.353. The minimum atomic E-state index is -0.945. The number of hydrogen-bond donors (Lipinski definition) is 2. The summed E-state index contributed by atoms with van der Waals surface area (Å²) in [5.74, 6) is -1.07. The Balaban J connectivity index is 1.72. The molecule has 8 heteroatoms. The van der Waals surface area contributed by atoms with Gasteiger partial charge in [-0.05, 0) is 37.1 Å². The molecule has 25 heavy (non-hydrogen) atoms. The van der Waals surface area contributed by atoms with Crippen molar-refractivity contribution >= 4 is 23.5 Å². The highest BCUT2D eigenvalue weighted by Gasteiger charge is 2.27. The molecule has 132 valence electrons. The molecule has 2 N–H and O–H groups in total. The third-order valence-corrected chi connectivity index (χ3v) is 4.58. The molecule has 1 amide bonds. The lowest BCUT2D eigenvalue weighted by atomic mass is 9.94. The number of aliphatic carboxylic acids is 1. The fourth-order valence-electron chi connectivity index (χ4n) is 3.05. The molecule has 2 aromatic rings. The molecule has 1 aliphatic heterocycles. The molecule has 1 saturated heterocycles. The zero-order chi connectivity index (χ0) is 18.0. The van der Waals surface area contributed by atoms with Gasteiger partial charge in [0, 0.05) is 30.8 Å². The normalized spacial score (nSPS) is 17.5. The van der Waals surface area contributed by atoms with E-state index in [-0.39, 0.29) is 29.1 Å². The Labute approximate surface area is 149 Å². The van der Waals surface area contributed by atoms with Crippen molar-refractivity contribution in [3.8, 4) is 5.75 Å². The van der Waals surface area contributed by atoms with Gasteiger partial charge in [0.2, 0.25) is 0 Å². The number of phenols is 1. The summed E-state index contributed by atoms with van der Waals surface area (Å²) in [5, 5.41) is 22.8. The molecule has 0 bridgehead atoms. The predicted octanol–water partition coefficient (Wildman–Crippen LogP) is 2.35. The minimum Gasteiger partial charge on any atom is -0.506 e. The van der Waals surface area contributed by atoms with E-state index in [1.807, 2.05) is 0 Å². The van der Waals surface area contributed by atoms with Gasteiger partial charge in [0.1, 0.15) is 12.3 Å². The maximum Gasteiger partial charge on any atom is 0.325 e. The zero-order valence-electron chi connectivity index (χ0n) is 13.4. The standard InChI is InChI=1S/C17H18ClN3O4/c18-13-8-11(3-4-15(13)22)17(25)20-6-1-2-12(9-20)14-5-7-21(19-14)10-16(23)24/h3-5,7-8,12,22H,1-2,6,9-10H2,(H,23,24). The van der Waals surface area contributed by atoms with Crippen LogP contribution in [0.1, 0.15) is 34.8 Å². The summed E-state index contributed by atoms with van der Waals surface area (Å²) >= 11 is 5.88. The van der Waals surface area contributed by atoms with Gasteiger partial charge in [-0.3, -0.25) is 14.3 Å². The third-order valence-electron chi connectivity index (χ3n) is 4.28. The Bertz CT molecular complexity index is 805. The van der Waals surface area contributed by atoms with Crippen molar-refractivity contribution in [2.45, 2.75) is 25.3 Å². The predicted molar refractivity (Wildman–Crippen MR) is 90.9 cm³/mol. The molecular formula is C17H18ClN3O4. The Kier molecular flexibility index (Phi) is 4.94. The monoisotopic (exact) mass is 363 g/mol. The van der Waals surface area contributed by atoms with Crippen molar-refractivity contribution in [3.63, 3.8) is 0 Å². The second-order valence-corrected chi connectivity index (χ2v) is 6.50. The van der Waals surface area contributed by atoms with Gasteiger partial charge in [0.25, 0.3) is 5.91 Å². The van der Waals surface area contributed by atoms with E-state index in [1.165, 1.54) is 16.8 Å². The number of carboxylic acids is 1. The molecule has 0 saturated carbocycles. The van der Waals surface area contributed by atoms with Gasteiger partial charge in [0.05, 0.1) is 10.7 Å². The number of aromatic hydroxyl groups is 1. The van der Waals surface area contributed by atoms with Crippen LogP contribution in [0.2, 0.25) is 5.02 Å². The van der Waals surface area contributed by atoms with Gasteiger partial charge < -0.3 is 15.1 Å². The first-order valence-corrected chi connectivity index (χ1v) is 8.35. The molecule has 1 unspecified atom stereocenters. The molecule has 3 rings (SSSR count). The van der Waals surface area contributed by atoms with E-state index in [0.717, 1.165) is 18.5 Å². The maximum absolute atomic E-state index is 12.7. The number of benzene rings is 1. The Morgan fingerprint density at radius 2 is 2.12 bits per heavy atom. The van der Waals surface area contributed by atoms with Crippen LogP contribution < -0.4 is 0 Å². The second-order valence-electron chi connectivity index (χ2n) is 6.09. The average Bonchev–Trinajstić information content (AvgIpc) is 3.04. The Hall–Kier alpha value is -2.54. The molecule has 1 aliphatic rings. The fourth-order valence-corrected chi connectivity index (χ4v) is 3.23. The summed E-state index contributed by atoms with van der Waals surface area (Å²) in [7, 11) is 0. The first kappa shape index (κ1) is 17.3. The summed E-state index contributed by atoms with van der Waals surface area (Å²) in [4.78, 5) is 25.2. The highest BCUT2D eigenvalue weighted by molar-refractivity contribution is 6.32. The first-order valence-electron chi connectivity index (χ1n) is 7.97. The molecule has 1 atom stereocenters. The molecule has 0 aliphatic carbocycles. The highest BCUT2D eigenvalue weighted by Crippen LogP contribution is 2.28. The largest absolute Gasteiger partial charge is 0.506 e. The molecule has 1 aromatic heterocycles. The topological polar surface area (TPSA) is 95.7 Å². The van der Waals surface area contributed by atoms with E-state index >= 15 is 0 Å². The number of nitrogens with zero attached hydrogens (tertiary/aromatic N) is 3. The van der Waals surface area contributed by atoms with E-state index in [1.54, 1.807) is 23.2 Å². The number of carboxylic acid groups (broad SMARTS) is 1. The van der Waals surface area contributed by atoms with Crippen molar-refractivity contribution in [1.29, 1.82) is 0 Å². The number of carbonyl (C=O) groups is 2. The van der Waals surface area contributed by atoms with E-state index in [0.29, 0.717) is 18.7 Å². The van der Waals surface area contributed by atoms with Crippen LogP contribution in [0, 0.1) is 0 Å². The lowest BCUT2D eigenvalue weighted by Gasteiger charge is -2.32. The van der Waals surface area contributed by atoms with Crippen LogP contribution in [0.4, 0.5) is 0 Å². The molecule has 0 radical (unpaired) electrons. The van der Waals surface area contributed by atoms with E-state index in [2.05, 4.69) is 5.10 Å². The van der Waals surface area contributed by atoms with Crippen molar-refractivity contribution in [3.05, 3.63) is 46.7 Å². The number of phenolic OH excluding ortho intramolecular Hbond substituents is 1. The van der Waals surface area contributed by atoms with Crippen LogP contribution >= 0.6 is 11.6 Å². The summed E-state index contributed by atoms with van der Waals surface area (Å²) in [6.07, 6.45) is 3.38. The number of likely N-dealkylation sites (tertiary alicyclic amines) is 1. The van der Waals surface area contributed by atoms with Gasteiger partial charge in [-0.2, -0.15) is 5.10 Å². The Morgan fingerprint density at radius 1 is 1.32 bits per heavy atom. The van der Waals surface area contributed by atoms with E-state index in [9.17, 15) is 14.7 Å². The molecule has 1 aromatic carbocycles. The van der Waals surface area contributed by atoms with E-state index in [4.69, 9.17) is 16.7 Å². The summed E-state index contributed by atoms with van der Waals surface area (Å²) in [6.45, 7) is 0.979. The van der Waals surface area contributed by atoms with Gasteiger partial charge in [0.15, 0.2) is 0 Å². The summed E-state index contributed by atoms with van der Waals surface area (Å²) in [6, 6.07) is 6.22. The van der Waals surface area contributed by atoms with E-state index < -0.39 is 5.97 Å². The van der Waals surface area contributed by atoms with Gasteiger partial charge in [-0.1, -0.05) is 11.6 Å². The van der Waals surface area contributed by atoms with Gasteiger partial charge >= 0.3 is 5.97 Å². The number of carbonyl (C=O) groups excluding carboxylic acids is 1. The van der Waals surface area contributed by atoms with Crippen molar-refractivity contribution in [2.75, 3.05) is 13.1 Å². The average molecular weight is 364 g/mol. The number of piperidine rings is 1. The zero-order valence-corrected chi connectivity index (χ0v) is 14.2. The first-order chi connectivity index (χ1) is 11.9. The number of halogens is 1. The number of amides is 1. The van der Waals surface area contributed by atoms with Gasteiger partial charge in [-0.15, -0.1) is 0 Å². The SMILES string of the molecule is O=C(O)Cn1ccc(C2CCCN(C(=O)c3ccc(O)c(Cl)c3)C2)n1. The van der Waals surface area contributed by atoms with Crippen molar-refractivity contribution in [2.24, 2.45) is 0 Å². The molecule has 7 nitrogen and oxygen atoms in total. The molecule has 2 heterocycles. The van der Waals surface area contributed by atoms with Crippen LogP contribution in [-0.4, -0.2) is 49.9 Å². The molecule has 0 spiro atoms. The summed E-state index contributed by atoms with van der Waals surface area (Å²) in [5.41, 5.74) is 1.22. The molecular weight excluding hydrogens is 346 g/mol.